The summed E-state index contributed by atoms with van der Waals surface area (Å²) in [5.74, 6) is 0.535. The van der Waals surface area contributed by atoms with Crippen LogP contribution in [0.3, 0.4) is 0 Å². The van der Waals surface area contributed by atoms with Crippen LogP contribution in [0.1, 0.15) is 10.5 Å². The van der Waals surface area contributed by atoms with E-state index in [2.05, 4.69) is 26.6 Å². The van der Waals surface area contributed by atoms with E-state index in [1.807, 2.05) is 42.5 Å². The summed E-state index contributed by atoms with van der Waals surface area (Å²) >= 11 is 0. The highest BCUT2D eigenvalue weighted by Gasteiger charge is 2.13. The maximum Gasteiger partial charge on any atom is 0.274 e. The molecular formula is C23H16N4O2. The number of rotatable bonds is 4. The van der Waals surface area contributed by atoms with Crippen LogP contribution in [0.15, 0.2) is 89.8 Å². The number of aromatic amines is 1. The summed E-state index contributed by atoms with van der Waals surface area (Å²) in [7, 11) is 0. The molecule has 0 aliphatic carbocycles. The molecule has 0 saturated heterocycles. The Morgan fingerprint density at radius 3 is 2.69 bits per heavy atom. The van der Waals surface area contributed by atoms with Crippen molar-refractivity contribution in [2.45, 2.75) is 0 Å². The molecule has 0 radical (unpaired) electrons. The van der Waals surface area contributed by atoms with Crippen molar-refractivity contribution in [1.29, 1.82) is 0 Å². The first-order valence-electron chi connectivity index (χ1n) is 9.12. The van der Waals surface area contributed by atoms with Gasteiger partial charge in [0.15, 0.2) is 0 Å². The van der Waals surface area contributed by atoms with E-state index < -0.39 is 0 Å². The Morgan fingerprint density at radius 2 is 1.86 bits per heavy atom. The lowest BCUT2D eigenvalue weighted by atomic mass is 10.00. The van der Waals surface area contributed by atoms with Crippen molar-refractivity contribution in [3.63, 3.8) is 0 Å². The number of amides is 1. The number of carbonyl (C=O) groups excluding carboxylic acids is 1. The number of hydrogen-bond acceptors (Lipinski definition) is 4. The van der Waals surface area contributed by atoms with Crippen LogP contribution < -0.4 is 5.32 Å². The molecule has 2 N–H and O–H groups in total. The van der Waals surface area contributed by atoms with Gasteiger partial charge in [0.25, 0.3) is 5.91 Å². The minimum atomic E-state index is -0.269. The van der Waals surface area contributed by atoms with Crippen LogP contribution in [0, 0.1) is 0 Å². The van der Waals surface area contributed by atoms with Crippen molar-refractivity contribution >= 4 is 22.5 Å². The van der Waals surface area contributed by atoms with Gasteiger partial charge in [-0.3, -0.25) is 14.9 Å². The monoisotopic (exact) mass is 380 g/mol. The number of aromatic nitrogens is 3. The first kappa shape index (κ1) is 16.9. The van der Waals surface area contributed by atoms with Crippen LogP contribution >= 0.6 is 0 Å². The van der Waals surface area contributed by atoms with Crippen molar-refractivity contribution in [2.75, 3.05) is 5.32 Å². The minimum absolute atomic E-state index is 0.269. The summed E-state index contributed by atoms with van der Waals surface area (Å²) < 4.78 is 5.51. The fraction of sp³-hybridized carbons (Fsp3) is 0. The molecular weight excluding hydrogens is 364 g/mol. The zero-order valence-corrected chi connectivity index (χ0v) is 15.3. The highest BCUT2D eigenvalue weighted by atomic mass is 16.3. The van der Waals surface area contributed by atoms with Crippen LogP contribution in [0.25, 0.3) is 33.4 Å². The SMILES string of the molecule is O=C(Nc1cc(-c2cccc(-c3ccco3)c2)cc2[nH]ncc12)c1ccccn1. The maximum atomic E-state index is 12.6. The highest BCUT2D eigenvalue weighted by Crippen LogP contribution is 2.32. The minimum Gasteiger partial charge on any atom is -0.464 e. The van der Waals surface area contributed by atoms with Crippen molar-refractivity contribution < 1.29 is 9.21 Å². The number of carbonyl (C=O) groups is 1. The van der Waals surface area contributed by atoms with E-state index in [1.54, 1.807) is 36.9 Å². The fourth-order valence-corrected chi connectivity index (χ4v) is 3.30. The second kappa shape index (κ2) is 7.09. The smallest absolute Gasteiger partial charge is 0.274 e. The normalized spacial score (nSPS) is 10.9. The fourth-order valence-electron chi connectivity index (χ4n) is 3.30. The first-order chi connectivity index (χ1) is 14.3. The molecule has 0 unspecified atom stereocenters. The molecule has 3 heterocycles. The Bertz CT molecular complexity index is 1290. The van der Waals surface area contributed by atoms with Gasteiger partial charge in [-0.15, -0.1) is 0 Å². The predicted molar refractivity (Wildman–Crippen MR) is 111 cm³/mol. The Labute approximate surface area is 166 Å². The van der Waals surface area contributed by atoms with Gasteiger partial charge < -0.3 is 9.73 Å². The predicted octanol–water partition coefficient (Wildman–Crippen LogP) is 5.14. The molecule has 0 spiro atoms. The van der Waals surface area contributed by atoms with E-state index >= 15 is 0 Å². The lowest BCUT2D eigenvalue weighted by molar-refractivity contribution is 0.102. The average Bonchev–Trinajstić information content (AvgIpc) is 3.46. The summed E-state index contributed by atoms with van der Waals surface area (Å²) in [6, 6.07) is 21.0. The molecule has 29 heavy (non-hydrogen) atoms. The quantitative estimate of drug-likeness (QED) is 0.452. The molecule has 5 rings (SSSR count). The third-order valence-electron chi connectivity index (χ3n) is 4.71. The van der Waals surface area contributed by atoms with Crippen LogP contribution in [0.5, 0.6) is 0 Å². The van der Waals surface area contributed by atoms with Gasteiger partial charge >= 0.3 is 0 Å². The van der Waals surface area contributed by atoms with Crippen LogP contribution in [-0.4, -0.2) is 21.1 Å². The van der Waals surface area contributed by atoms with Crippen LogP contribution in [0.4, 0.5) is 5.69 Å². The summed E-state index contributed by atoms with van der Waals surface area (Å²) in [5, 5.41) is 10.9. The number of benzene rings is 2. The number of anilines is 1. The van der Waals surface area contributed by atoms with E-state index in [1.165, 1.54) is 0 Å². The Kier molecular flexibility index (Phi) is 4.14. The van der Waals surface area contributed by atoms with Crippen LogP contribution in [0.2, 0.25) is 0 Å². The number of fused-ring (bicyclic) bond motifs is 1. The number of nitrogens with one attached hydrogen (secondary N) is 2. The summed E-state index contributed by atoms with van der Waals surface area (Å²) in [5.41, 5.74) is 4.80. The van der Waals surface area contributed by atoms with Gasteiger partial charge in [-0.25, -0.2) is 0 Å². The molecule has 5 aromatic rings. The van der Waals surface area contributed by atoms with Gasteiger partial charge in [0.1, 0.15) is 11.5 Å². The van der Waals surface area contributed by atoms with E-state index in [0.29, 0.717) is 11.4 Å². The molecule has 2 aromatic carbocycles. The summed E-state index contributed by atoms with van der Waals surface area (Å²) in [6.07, 6.45) is 4.95. The Hall–Kier alpha value is -4.19. The van der Waals surface area contributed by atoms with Gasteiger partial charge in [0.05, 0.1) is 23.7 Å². The zero-order valence-electron chi connectivity index (χ0n) is 15.3. The van der Waals surface area contributed by atoms with E-state index in [0.717, 1.165) is 33.4 Å². The second-order valence-corrected chi connectivity index (χ2v) is 6.58. The molecule has 6 heteroatoms. The van der Waals surface area contributed by atoms with Crippen molar-refractivity contribution in [3.05, 3.63) is 91.1 Å². The standard InChI is InChI=1S/C23H16N4O2/c28-23(19-7-1-2-9-24-19)26-20-12-17(13-21-18(20)14-25-27-21)15-5-3-6-16(11-15)22-8-4-10-29-22/h1-14H,(H,25,27)(H,26,28). The molecule has 0 bridgehead atoms. The van der Waals surface area contributed by atoms with Crippen molar-refractivity contribution in [3.8, 4) is 22.5 Å². The molecule has 3 aromatic heterocycles. The molecule has 6 nitrogen and oxygen atoms in total. The zero-order chi connectivity index (χ0) is 19.6. The summed E-state index contributed by atoms with van der Waals surface area (Å²) in [4.78, 5) is 16.7. The van der Waals surface area contributed by atoms with Gasteiger partial charge in [-0.05, 0) is 53.6 Å². The van der Waals surface area contributed by atoms with Crippen molar-refractivity contribution in [1.82, 2.24) is 15.2 Å². The molecule has 0 fully saturated rings. The first-order valence-corrected chi connectivity index (χ1v) is 9.12. The Morgan fingerprint density at radius 1 is 0.931 bits per heavy atom. The number of hydrogen-bond donors (Lipinski definition) is 2. The number of furan rings is 1. The number of nitrogens with zero attached hydrogens (tertiary/aromatic N) is 2. The highest BCUT2D eigenvalue weighted by molar-refractivity contribution is 6.08. The molecule has 0 saturated carbocycles. The maximum absolute atomic E-state index is 12.6. The van der Waals surface area contributed by atoms with Crippen molar-refractivity contribution in [2.24, 2.45) is 0 Å². The van der Waals surface area contributed by atoms with Gasteiger partial charge in [-0.1, -0.05) is 24.3 Å². The lowest BCUT2D eigenvalue weighted by Gasteiger charge is -2.10. The Balaban J connectivity index is 1.56. The van der Waals surface area contributed by atoms with E-state index in [4.69, 9.17) is 4.42 Å². The number of pyridine rings is 1. The molecule has 0 atom stereocenters. The average molecular weight is 380 g/mol. The van der Waals surface area contributed by atoms with Crippen LogP contribution in [-0.2, 0) is 0 Å². The third-order valence-corrected chi connectivity index (χ3v) is 4.71. The molecule has 140 valence electrons. The van der Waals surface area contributed by atoms with Gasteiger partial charge in [-0.2, -0.15) is 5.10 Å². The van der Waals surface area contributed by atoms with E-state index in [9.17, 15) is 4.79 Å². The van der Waals surface area contributed by atoms with Gasteiger partial charge in [0.2, 0.25) is 0 Å². The molecule has 1 amide bonds. The largest absolute Gasteiger partial charge is 0.464 e. The summed E-state index contributed by atoms with van der Waals surface area (Å²) in [6.45, 7) is 0. The topological polar surface area (TPSA) is 83.8 Å². The van der Waals surface area contributed by atoms with Gasteiger partial charge in [0, 0.05) is 17.1 Å². The van der Waals surface area contributed by atoms with E-state index in [-0.39, 0.29) is 5.91 Å². The lowest BCUT2D eigenvalue weighted by Crippen LogP contribution is -2.13. The third kappa shape index (κ3) is 3.27. The molecule has 0 aliphatic rings. The second-order valence-electron chi connectivity index (χ2n) is 6.58. The number of H-pyrrole nitrogens is 1. The molecule has 0 aliphatic heterocycles.